The molecule has 5 nitrogen and oxygen atoms in total. The molecule has 0 saturated carbocycles. The second kappa shape index (κ2) is 9.20. The molecule has 0 fully saturated rings. The van der Waals surface area contributed by atoms with Crippen LogP contribution < -0.4 is 5.32 Å². The smallest absolute Gasteiger partial charge is 0.328 e. The number of carboxylic acids is 1. The molecule has 2 N–H and O–H groups in total. The molecule has 0 aliphatic heterocycles. The molecule has 21 heavy (non-hydrogen) atoms. The van der Waals surface area contributed by atoms with E-state index in [2.05, 4.69) is 11.9 Å². The van der Waals surface area contributed by atoms with Crippen molar-refractivity contribution < 1.29 is 19.4 Å². The number of hydrogen-bond acceptors (Lipinski definition) is 4. The van der Waals surface area contributed by atoms with Crippen LogP contribution in [0.4, 0.5) is 0 Å². The number of rotatable bonds is 9. The van der Waals surface area contributed by atoms with E-state index in [0.29, 0.717) is 0 Å². The predicted molar refractivity (Wildman–Crippen MR) is 82.5 cm³/mol. The van der Waals surface area contributed by atoms with E-state index in [9.17, 15) is 9.59 Å². The Bertz CT molecular complexity index is 487. The summed E-state index contributed by atoms with van der Waals surface area (Å²) in [6, 6.07) is 6.73. The van der Waals surface area contributed by atoms with E-state index >= 15 is 0 Å². The fraction of sp³-hybridized carbons (Fsp3) is 0.333. The largest absolute Gasteiger partial charge is 0.480 e. The van der Waals surface area contributed by atoms with Gasteiger partial charge in [-0.15, -0.1) is 18.3 Å². The number of carbonyl (C=O) groups is 2. The fourth-order valence-corrected chi connectivity index (χ4v) is 2.17. The first-order valence-electron chi connectivity index (χ1n) is 6.43. The zero-order valence-electron chi connectivity index (χ0n) is 11.9. The first-order chi connectivity index (χ1) is 10.0. The molecule has 1 rings (SSSR count). The van der Waals surface area contributed by atoms with Gasteiger partial charge in [0.15, 0.2) is 6.04 Å². The molecule has 0 saturated heterocycles. The number of nitrogens with one attached hydrogen (secondary N) is 1. The lowest BCUT2D eigenvalue weighted by atomic mass is 10.2. The topological polar surface area (TPSA) is 75.6 Å². The molecule has 0 heterocycles. The van der Waals surface area contributed by atoms with Gasteiger partial charge in [-0.2, -0.15) is 0 Å². The van der Waals surface area contributed by atoms with Crippen molar-refractivity contribution in [1.82, 2.24) is 5.32 Å². The number of aryl methyl sites for hydroxylation is 1. The van der Waals surface area contributed by atoms with Gasteiger partial charge in [0.05, 0.1) is 19.0 Å². The highest BCUT2D eigenvalue weighted by atomic mass is 32.2. The van der Waals surface area contributed by atoms with Crippen molar-refractivity contribution in [3.8, 4) is 0 Å². The summed E-state index contributed by atoms with van der Waals surface area (Å²) in [6.07, 6.45) is 1.52. The minimum atomic E-state index is -1.12. The van der Waals surface area contributed by atoms with Crippen molar-refractivity contribution in [3.63, 3.8) is 0 Å². The van der Waals surface area contributed by atoms with Crippen LogP contribution >= 0.6 is 11.8 Å². The van der Waals surface area contributed by atoms with Gasteiger partial charge in [-0.1, -0.05) is 23.8 Å². The first kappa shape index (κ1) is 17.3. The number of benzene rings is 1. The summed E-state index contributed by atoms with van der Waals surface area (Å²) < 4.78 is 5.06. The maximum Gasteiger partial charge on any atom is 0.328 e. The number of carboxylic acid groups (broad SMARTS) is 1. The van der Waals surface area contributed by atoms with Gasteiger partial charge >= 0.3 is 5.97 Å². The van der Waals surface area contributed by atoms with Crippen LogP contribution in [0.2, 0.25) is 0 Å². The first-order valence-corrected chi connectivity index (χ1v) is 7.41. The quantitative estimate of drug-likeness (QED) is 0.414. The Morgan fingerprint density at radius 1 is 1.43 bits per heavy atom. The standard InChI is InChI=1S/C15H19NO4S/c1-3-8-20-9-13(15(18)19)16-14(17)10-21-12-6-4-11(2)5-7-12/h3-7,13H,1,8-10H2,2H3,(H,16,17)(H,18,19). The van der Waals surface area contributed by atoms with Gasteiger partial charge in [-0.05, 0) is 19.1 Å². The van der Waals surface area contributed by atoms with Crippen molar-refractivity contribution in [2.75, 3.05) is 19.0 Å². The van der Waals surface area contributed by atoms with Crippen LogP contribution in [0.15, 0.2) is 41.8 Å². The highest BCUT2D eigenvalue weighted by Crippen LogP contribution is 2.17. The van der Waals surface area contributed by atoms with Crippen molar-refractivity contribution >= 4 is 23.6 Å². The Balaban J connectivity index is 2.40. The molecule has 0 spiro atoms. The molecule has 1 amide bonds. The molecular formula is C15H19NO4S. The zero-order valence-corrected chi connectivity index (χ0v) is 12.7. The van der Waals surface area contributed by atoms with Crippen LogP contribution in [0, 0.1) is 6.92 Å². The third kappa shape index (κ3) is 6.97. The van der Waals surface area contributed by atoms with E-state index in [0.717, 1.165) is 10.5 Å². The van der Waals surface area contributed by atoms with Crippen LogP contribution in [0.5, 0.6) is 0 Å². The summed E-state index contributed by atoms with van der Waals surface area (Å²) in [6.45, 7) is 5.62. The number of carbonyl (C=O) groups excluding carboxylic acids is 1. The summed E-state index contributed by atoms with van der Waals surface area (Å²) in [5.41, 5.74) is 1.15. The minimum absolute atomic E-state index is 0.0811. The number of hydrogen-bond donors (Lipinski definition) is 2. The summed E-state index contributed by atoms with van der Waals surface area (Å²) in [7, 11) is 0. The number of aliphatic carboxylic acids is 1. The molecule has 1 atom stereocenters. The van der Waals surface area contributed by atoms with E-state index in [1.54, 1.807) is 0 Å². The SMILES string of the molecule is C=CCOCC(NC(=O)CSc1ccc(C)cc1)C(=O)O. The third-order valence-electron chi connectivity index (χ3n) is 2.54. The van der Waals surface area contributed by atoms with Crippen molar-refractivity contribution in [2.45, 2.75) is 17.9 Å². The Kier molecular flexibility index (Phi) is 7.56. The van der Waals surface area contributed by atoms with Crippen molar-refractivity contribution in [2.24, 2.45) is 0 Å². The molecular weight excluding hydrogens is 290 g/mol. The predicted octanol–water partition coefficient (Wildman–Crippen LogP) is 1.86. The Labute approximate surface area is 128 Å². The lowest BCUT2D eigenvalue weighted by Gasteiger charge is -2.14. The van der Waals surface area contributed by atoms with Crippen LogP contribution in [0.1, 0.15) is 5.56 Å². The molecule has 114 valence electrons. The van der Waals surface area contributed by atoms with Gasteiger partial charge in [-0.25, -0.2) is 4.79 Å². The Hall–Kier alpha value is -1.79. The summed E-state index contributed by atoms with van der Waals surface area (Å²) in [5.74, 6) is -1.29. The molecule has 0 aliphatic carbocycles. The molecule has 1 aromatic rings. The van der Waals surface area contributed by atoms with Gasteiger partial charge in [0.1, 0.15) is 0 Å². The minimum Gasteiger partial charge on any atom is -0.480 e. The summed E-state index contributed by atoms with van der Waals surface area (Å²) >= 11 is 1.36. The van der Waals surface area contributed by atoms with Crippen LogP contribution in [-0.2, 0) is 14.3 Å². The maximum absolute atomic E-state index is 11.8. The normalized spacial score (nSPS) is 11.7. The summed E-state index contributed by atoms with van der Waals surface area (Å²) in [4.78, 5) is 23.7. The third-order valence-corrected chi connectivity index (χ3v) is 3.56. The van der Waals surface area contributed by atoms with Crippen molar-refractivity contribution in [3.05, 3.63) is 42.5 Å². The van der Waals surface area contributed by atoms with E-state index in [1.807, 2.05) is 31.2 Å². The van der Waals surface area contributed by atoms with E-state index < -0.39 is 12.0 Å². The molecule has 0 bridgehead atoms. The van der Waals surface area contributed by atoms with Gasteiger partial charge in [-0.3, -0.25) is 4.79 Å². The van der Waals surface area contributed by atoms with Gasteiger partial charge in [0, 0.05) is 4.90 Å². The molecule has 0 aliphatic rings. The van der Waals surface area contributed by atoms with Gasteiger partial charge < -0.3 is 15.2 Å². The second-order valence-corrected chi connectivity index (χ2v) is 5.43. The molecule has 0 aromatic heterocycles. The molecule has 1 aromatic carbocycles. The highest BCUT2D eigenvalue weighted by molar-refractivity contribution is 8.00. The second-order valence-electron chi connectivity index (χ2n) is 4.39. The van der Waals surface area contributed by atoms with Crippen LogP contribution in [0.3, 0.4) is 0 Å². The average Bonchev–Trinajstić information content (AvgIpc) is 2.45. The lowest BCUT2D eigenvalue weighted by Crippen LogP contribution is -2.44. The van der Waals surface area contributed by atoms with E-state index in [-0.39, 0.29) is 24.9 Å². The molecule has 1 unspecified atom stereocenters. The van der Waals surface area contributed by atoms with E-state index in [4.69, 9.17) is 9.84 Å². The molecule has 0 radical (unpaired) electrons. The number of thioether (sulfide) groups is 1. The lowest BCUT2D eigenvalue weighted by molar-refractivity contribution is -0.143. The monoisotopic (exact) mass is 309 g/mol. The van der Waals surface area contributed by atoms with Crippen LogP contribution in [0.25, 0.3) is 0 Å². The zero-order chi connectivity index (χ0) is 15.7. The van der Waals surface area contributed by atoms with E-state index in [1.165, 1.54) is 17.8 Å². The Morgan fingerprint density at radius 2 is 2.10 bits per heavy atom. The van der Waals surface area contributed by atoms with Gasteiger partial charge in [0.25, 0.3) is 0 Å². The fourth-order valence-electron chi connectivity index (χ4n) is 1.46. The molecule has 6 heteroatoms. The van der Waals surface area contributed by atoms with Gasteiger partial charge in [0.2, 0.25) is 5.91 Å². The van der Waals surface area contributed by atoms with Crippen molar-refractivity contribution in [1.29, 1.82) is 0 Å². The highest BCUT2D eigenvalue weighted by Gasteiger charge is 2.19. The number of ether oxygens (including phenoxy) is 1. The maximum atomic E-state index is 11.8. The Morgan fingerprint density at radius 3 is 2.67 bits per heavy atom. The number of amides is 1. The average molecular weight is 309 g/mol. The van der Waals surface area contributed by atoms with Crippen LogP contribution in [-0.4, -0.2) is 42.0 Å². The summed E-state index contributed by atoms with van der Waals surface area (Å²) in [5, 5.41) is 11.4.